The van der Waals surface area contributed by atoms with E-state index in [1.807, 2.05) is 13.2 Å². The minimum absolute atomic E-state index is 0.0687. The third-order valence-corrected chi connectivity index (χ3v) is 7.30. The Bertz CT molecular complexity index is 749. The summed E-state index contributed by atoms with van der Waals surface area (Å²) in [4.78, 5) is 38.5. The number of aliphatic imine (C=N–C) groups is 1. The third kappa shape index (κ3) is 3.36. The number of anilines is 1. The molecule has 4 rings (SSSR count). The van der Waals surface area contributed by atoms with Gasteiger partial charge in [-0.15, -0.1) is 11.8 Å². The Hall–Kier alpha value is -1.83. The van der Waals surface area contributed by atoms with Crippen molar-refractivity contribution in [3.05, 3.63) is 11.5 Å². The predicted octanol–water partition coefficient (Wildman–Crippen LogP) is 3.29. The van der Waals surface area contributed by atoms with Gasteiger partial charge in [-0.3, -0.25) is 19.5 Å². The Morgan fingerprint density at radius 3 is 2.43 bits per heavy atom. The van der Waals surface area contributed by atoms with Crippen LogP contribution in [-0.2, 0) is 19.7 Å². The average molecular weight is 407 g/mol. The molecule has 0 saturated heterocycles. The van der Waals surface area contributed by atoms with Gasteiger partial charge in [0.05, 0.1) is 12.5 Å². The number of rotatable bonds is 7. The Balaban J connectivity index is 1.98. The van der Waals surface area contributed by atoms with Gasteiger partial charge in [0, 0.05) is 19.0 Å². The smallest absolute Gasteiger partial charge is 0.311 e. The number of nitrogens with one attached hydrogen (secondary N) is 1. The molecular weight excluding hydrogens is 376 g/mol. The number of aromatic nitrogens is 2. The summed E-state index contributed by atoms with van der Waals surface area (Å²) in [6, 6.07) is 0. The summed E-state index contributed by atoms with van der Waals surface area (Å²) in [7, 11) is 3.24. The lowest BCUT2D eigenvalue weighted by Gasteiger charge is -2.50. The van der Waals surface area contributed by atoms with Gasteiger partial charge in [-0.25, -0.2) is 4.98 Å². The maximum absolute atomic E-state index is 12.3. The van der Waals surface area contributed by atoms with E-state index in [0.29, 0.717) is 12.4 Å². The van der Waals surface area contributed by atoms with Crippen molar-refractivity contribution < 1.29 is 14.3 Å². The first kappa shape index (κ1) is 20.9. The van der Waals surface area contributed by atoms with Crippen molar-refractivity contribution in [3.8, 4) is 0 Å². The molecule has 3 aliphatic rings. The quantitative estimate of drug-likeness (QED) is 0.325. The number of nitrogens with zero attached hydrogens (tertiary/aromatic N) is 3. The number of esters is 1. The van der Waals surface area contributed by atoms with Crippen molar-refractivity contribution in [2.45, 2.75) is 57.3 Å². The number of amides is 1. The van der Waals surface area contributed by atoms with Crippen molar-refractivity contribution >= 4 is 35.0 Å². The molecule has 8 heteroatoms. The van der Waals surface area contributed by atoms with Crippen molar-refractivity contribution in [2.24, 2.45) is 10.4 Å². The lowest BCUT2D eigenvalue weighted by atomic mass is 9.53. The molecule has 0 aromatic carbocycles. The first-order valence-electron chi connectivity index (χ1n) is 9.91. The second kappa shape index (κ2) is 8.27. The average Bonchev–Trinajstić information content (AvgIpc) is 3.19. The Morgan fingerprint density at radius 1 is 1.32 bits per heavy atom. The molecule has 1 amide bonds. The van der Waals surface area contributed by atoms with Crippen LogP contribution in [0.2, 0.25) is 0 Å². The molecule has 154 valence electrons. The topological polar surface area (TPSA) is 87.6 Å². The fraction of sp³-hybridized carbons (Fsp3) is 0.700. The Morgan fingerprint density at radius 2 is 1.96 bits per heavy atom. The molecule has 2 bridgehead atoms. The van der Waals surface area contributed by atoms with E-state index in [4.69, 9.17) is 9.72 Å². The molecule has 3 aliphatic carbocycles. The van der Waals surface area contributed by atoms with E-state index in [1.165, 1.54) is 7.11 Å². The third-order valence-electron chi connectivity index (χ3n) is 6.53. The zero-order chi connectivity index (χ0) is 20.4. The summed E-state index contributed by atoms with van der Waals surface area (Å²) in [6.45, 7) is 2.66. The number of imidazole rings is 1. The zero-order valence-corrected chi connectivity index (χ0v) is 18.0. The van der Waals surface area contributed by atoms with E-state index < -0.39 is 0 Å². The van der Waals surface area contributed by atoms with E-state index in [2.05, 4.69) is 9.98 Å². The number of thioether (sulfide) groups is 1. The summed E-state index contributed by atoms with van der Waals surface area (Å²) in [5.74, 6) is 1.51. The number of carbonyl (C=O) groups is 2. The van der Waals surface area contributed by atoms with Crippen molar-refractivity contribution in [2.75, 3.05) is 31.9 Å². The normalized spacial score (nSPS) is 26.9. The highest BCUT2D eigenvalue weighted by Gasteiger charge is 2.55. The van der Waals surface area contributed by atoms with Gasteiger partial charge in [0.15, 0.2) is 5.82 Å². The summed E-state index contributed by atoms with van der Waals surface area (Å²) >= 11 is 1.54. The van der Waals surface area contributed by atoms with Crippen molar-refractivity contribution in [1.82, 2.24) is 9.97 Å². The van der Waals surface area contributed by atoms with Crippen LogP contribution in [0.1, 0.15) is 63.4 Å². The van der Waals surface area contributed by atoms with Crippen LogP contribution in [0.4, 0.5) is 5.82 Å². The highest BCUT2D eigenvalue weighted by molar-refractivity contribution is 8.13. The molecule has 0 radical (unpaired) electrons. The van der Waals surface area contributed by atoms with Crippen molar-refractivity contribution in [1.29, 1.82) is 0 Å². The first-order chi connectivity index (χ1) is 13.5. The molecule has 1 N–H and O–H groups in total. The van der Waals surface area contributed by atoms with Gasteiger partial charge >= 0.3 is 5.97 Å². The number of methoxy groups -OCH3 is 1. The van der Waals surface area contributed by atoms with Crippen LogP contribution in [0.25, 0.3) is 0 Å². The summed E-state index contributed by atoms with van der Waals surface area (Å²) in [5.41, 5.74) is 0.428. The predicted molar refractivity (Wildman–Crippen MR) is 112 cm³/mol. The van der Waals surface area contributed by atoms with Gasteiger partial charge in [-0.05, 0) is 51.2 Å². The standard InChI is InChI=1S/C20H30N4O3S/c1-5-12-24(13-25)15-14(16(21-2)28-4)22-17(23-15)19-6-9-20(10-7-19,11-8-19)18(26)27-3/h13H,5-12H2,1-4H3,(H,22,23). The van der Waals surface area contributed by atoms with Crippen LogP contribution in [0.5, 0.6) is 0 Å². The molecule has 3 saturated carbocycles. The van der Waals surface area contributed by atoms with Crippen LogP contribution >= 0.6 is 11.8 Å². The fourth-order valence-electron chi connectivity index (χ4n) is 4.79. The van der Waals surface area contributed by atoms with Gasteiger partial charge in [0.25, 0.3) is 0 Å². The van der Waals surface area contributed by atoms with Gasteiger partial charge < -0.3 is 9.72 Å². The monoisotopic (exact) mass is 406 g/mol. The molecule has 0 aliphatic heterocycles. The molecule has 3 fully saturated rings. The van der Waals surface area contributed by atoms with Crippen molar-refractivity contribution in [3.63, 3.8) is 0 Å². The highest BCUT2D eigenvalue weighted by Crippen LogP contribution is 2.57. The van der Waals surface area contributed by atoms with Crippen LogP contribution in [0.3, 0.4) is 0 Å². The second-order valence-electron chi connectivity index (χ2n) is 7.87. The largest absolute Gasteiger partial charge is 0.469 e. The van der Waals surface area contributed by atoms with Gasteiger partial charge in [0.1, 0.15) is 16.6 Å². The maximum atomic E-state index is 12.3. The molecular formula is C20H30N4O3S. The van der Waals surface area contributed by atoms with Gasteiger partial charge in [-0.1, -0.05) is 6.92 Å². The molecule has 1 aromatic heterocycles. The van der Waals surface area contributed by atoms with E-state index in [-0.39, 0.29) is 16.8 Å². The summed E-state index contributed by atoms with van der Waals surface area (Å²) in [5, 5.41) is 0.837. The second-order valence-corrected chi connectivity index (χ2v) is 8.66. The maximum Gasteiger partial charge on any atom is 0.311 e. The number of H-pyrrole nitrogens is 1. The first-order valence-corrected chi connectivity index (χ1v) is 11.1. The molecule has 1 heterocycles. The number of aromatic amines is 1. The number of ether oxygens (including phenoxy) is 1. The summed E-state index contributed by atoms with van der Waals surface area (Å²) < 4.78 is 5.08. The van der Waals surface area contributed by atoms with Gasteiger partial charge in [-0.2, -0.15) is 0 Å². The van der Waals surface area contributed by atoms with E-state index in [1.54, 1.807) is 23.7 Å². The van der Waals surface area contributed by atoms with Crippen LogP contribution in [0, 0.1) is 5.41 Å². The Labute approximate surface area is 170 Å². The van der Waals surface area contributed by atoms with Crippen LogP contribution in [0.15, 0.2) is 4.99 Å². The summed E-state index contributed by atoms with van der Waals surface area (Å²) in [6.07, 6.45) is 8.87. The van der Waals surface area contributed by atoms with E-state index in [0.717, 1.165) is 67.9 Å². The highest BCUT2D eigenvalue weighted by atomic mass is 32.2. The molecule has 0 atom stereocenters. The van der Waals surface area contributed by atoms with E-state index in [9.17, 15) is 9.59 Å². The SMILES string of the molecule is CCCN(C=O)c1nc(C23CCC(C(=O)OC)(CC2)CC3)[nH]c1C(=NC)SC. The van der Waals surface area contributed by atoms with Gasteiger partial charge in [0.2, 0.25) is 6.41 Å². The Kier molecular flexibility index (Phi) is 6.17. The minimum atomic E-state index is -0.318. The number of hydrogen-bond acceptors (Lipinski definition) is 6. The number of hydrogen-bond donors (Lipinski definition) is 1. The minimum Gasteiger partial charge on any atom is -0.469 e. The zero-order valence-electron chi connectivity index (χ0n) is 17.2. The van der Waals surface area contributed by atoms with Crippen LogP contribution < -0.4 is 4.90 Å². The number of fused-ring (bicyclic) bond motifs is 3. The fourth-order valence-corrected chi connectivity index (χ4v) is 5.32. The number of carbonyl (C=O) groups excluding carboxylic acids is 2. The lowest BCUT2D eigenvalue weighted by Crippen LogP contribution is -2.48. The molecule has 28 heavy (non-hydrogen) atoms. The lowest BCUT2D eigenvalue weighted by molar-refractivity contribution is -0.160. The molecule has 1 aromatic rings. The van der Waals surface area contributed by atoms with Crippen LogP contribution in [-0.4, -0.2) is 54.3 Å². The molecule has 0 spiro atoms. The van der Waals surface area contributed by atoms with E-state index >= 15 is 0 Å². The molecule has 0 unspecified atom stereocenters. The molecule has 7 nitrogen and oxygen atoms in total.